The minimum absolute atomic E-state index is 0.251. The fourth-order valence-corrected chi connectivity index (χ4v) is 3.91. The highest BCUT2D eigenvalue weighted by molar-refractivity contribution is 6.37. The standard InChI is InChI=1S/C23H20Cl2N6O3/c1-4-20(32)28-14-7-5-6-8-15(14)29-23-26-11-17-16(30-23)10-27-31(17)12-13-21(24)18(33-2)9-19(34-3)22(13)25/h4-11H,1,12H2,2-3H3,(H,28,32)(H,26,29,30). The largest absolute Gasteiger partial charge is 0.495 e. The van der Waals surface area contributed by atoms with E-state index in [1.54, 1.807) is 35.3 Å². The summed E-state index contributed by atoms with van der Waals surface area (Å²) in [5.41, 5.74) is 3.08. The van der Waals surface area contributed by atoms with Crippen molar-refractivity contribution in [1.82, 2.24) is 19.7 Å². The molecule has 0 radical (unpaired) electrons. The smallest absolute Gasteiger partial charge is 0.247 e. The molecule has 174 valence electrons. The molecule has 1 amide bonds. The van der Waals surface area contributed by atoms with Crippen LogP contribution in [0.3, 0.4) is 0 Å². The summed E-state index contributed by atoms with van der Waals surface area (Å²) in [5, 5.41) is 11.0. The summed E-state index contributed by atoms with van der Waals surface area (Å²) in [6.45, 7) is 3.72. The molecular weight excluding hydrogens is 479 g/mol. The van der Waals surface area contributed by atoms with Crippen molar-refractivity contribution < 1.29 is 14.3 Å². The molecule has 0 aliphatic carbocycles. The number of anilines is 3. The fraction of sp³-hybridized carbons (Fsp3) is 0.130. The van der Waals surface area contributed by atoms with Crippen molar-refractivity contribution in [3.8, 4) is 11.5 Å². The molecule has 34 heavy (non-hydrogen) atoms. The number of methoxy groups -OCH3 is 2. The van der Waals surface area contributed by atoms with Gasteiger partial charge in [-0.05, 0) is 18.2 Å². The van der Waals surface area contributed by atoms with Crippen LogP contribution in [0.2, 0.25) is 10.0 Å². The van der Waals surface area contributed by atoms with Crippen LogP contribution in [0.15, 0.2) is 55.4 Å². The van der Waals surface area contributed by atoms with Crippen molar-refractivity contribution in [3.05, 3.63) is 71.0 Å². The number of benzene rings is 2. The van der Waals surface area contributed by atoms with Crippen molar-refractivity contribution in [2.24, 2.45) is 0 Å². The molecule has 4 aromatic rings. The zero-order valence-corrected chi connectivity index (χ0v) is 19.8. The molecule has 0 saturated heterocycles. The van der Waals surface area contributed by atoms with Gasteiger partial charge >= 0.3 is 0 Å². The minimum atomic E-state index is -0.321. The Morgan fingerprint density at radius 3 is 2.44 bits per heavy atom. The maximum Gasteiger partial charge on any atom is 0.247 e. The molecule has 0 aliphatic rings. The van der Waals surface area contributed by atoms with Crippen molar-refractivity contribution in [3.63, 3.8) is 0 Å². The van der Waals surface area contributed by atoms with Gasteiger partial charge in [0.1, 0.15) is 22.5 Å². The topological polar surface area (TPSA) is 103 Å². The highest BCUT2D eigenvalue weighted by Crippen LogP contribution is 2.41. The van der Waals surface area contributed by atoms with Crippen LogP contribution in [0.5, 0.6) is 11.5 Å². The van der Waals surface area contributed by atoms with Crippen LogP contribution in [0.25, 0.3) is 11.0 Å². The molecule has 11 heteroatoms. The third-order valence-corrected chi connectivity index (χ3v) is 5.81. The van der Waals surface area contributed by atoms with E-state index in [2.05, 4.69) is 32.3 Å². The molecule has 0 spiro atoms. The lowest BCUT2D eigenvalue weighted by atomic mass is 10.2. The van der Waals surface area contributed by atoms with E-state index in [1.165, 1.54) is 20.3 Å². The van der Waals surface area contributed by atoms with Crippen LogP contribution < -0.4 is 20.1 Å². The third-order valence-electron chi connectivity index (χ3n) is 4.98. The quantitative estimate of drug-likeness (QED) is 0.327. The number of hydrogen-bond acceptors (Lipinski definition) is 7. The van der Waals surface area contributed by atoms with E-state index in [1.807, 2.05) is 12.1 Å². The number of halogens is 2. The second-order valence-electron chi connectivity index (χ2n) is 7.02. The number of aromatic nitrogens is 4. The zero-order chi connectivity index (χ0) is 24.2. The minimum Gasteiger partial charge on any atom is -0.495 e. The Bertz CT molecular complexity index is 1360. The fourth-order valence-electron chi connectivity index (χ4n) is 3.29. The van der Waals surface area contributed by atoms with Gasteiger partial charge in [0, 0.05) is 11.6 Å². The monoisotopic (exact) mass is 498 g/mol. The van der Waals surface area contributed by atoms with Gasteiger partial charge in [-0.25, -0.2) is 9.97 Å². The number of nitrogens with one attached hydrogen (secondary N) is 2. The predicted molar refractivity (Wildman–Crippen MR) is 133 cm³/mol. The van der Waals surface area contributed by atoms with Gasteiger partial charge in [0.2, 0.25) is 11.9 Å². The molecule has 0 unspecified atom stereocenters. The van der Waals surface area contributed by atoms with Crippen LogP contribution in [0, 0.1) is 0 Å². The van der Waals surface area contributed by atoms with E-state index in [0.717, 1.165) is 0 Å². The molecule has 2 heterocycles. The Balaban J connectivity index is 1.64. The average Bonchev–Trinajstić information content (AvgIpc) is 3.25. The summed E-state index contributed by atoms with van der Waals surface area (Å²) in [5.74, 6) is 0.906. The molecular formula is C23H20Cl2N6O3. The first-order valence-corrected chi connectivity index (χ1v) is 10.8. The summed E-state index contributed by atoms with van der Waals surface area (Å²) in [6.07, 6.45) is 4.46. The van der Waals surface area contributed by atoms with Gasteiger partial charge in [0.05, 0.1) is 54.6 Å². The van der Waals surface area contributed by atoms with Crippen molar-refractivity contribution >= 4 is 57.5 Å². The first kappa shape index (κ1) is 23.3. The number of carbonyl (C=O) groups is 1. The number of para-hydroxylation sites is 2. The summed E-state index contributed by atoms with van der Waals surface area (Å²) in [4.78, 5) is 20.6. The highest BCUT2D eigenvalue weighted by atomic mass is 35.5. The summed E-state index contributed by atoms with van der Waals surface area (Å²) in [6, 6.07) is 8.83. The molecule has 0 saturated carbocycles. The lowest BCUT2D eigenvalue weighted by Gasteiger charge is -2.15. The number of rotatable bonds is 8. The number of carbonyl (C=O) groups excluding carboxylic acids is 1. The SMILES string of the molecule is C=CC(=O)Nc1ccccc1Nc1ncc2c(cnn2Cc2c(Cl)c(OC)cc(OC)c2Cl)n1. The average molecular weight is 499 g/mol. The van der Waals surface area contributed by atoms with Crippen molar-refractivity contribution in [1.29, 1.82) is 0 Å². The van der Waals surface area contributed by atoms with Crippen LogP contribution in [0.4, 0.5) is 17.3 Å². The maximum atomic E-state index is 11.7. The van der Waals surface area contributed by atoms with Crippen LogP contribution in [0.1, 0.15) is 5.56 Å². The highest BCUT2D eigenvalue weighted by Gasteiger charge is 2.19. The zero-order valence-electron chi connectivity index (χ0n) is 18.3. The molecule has 0 aliphatic heterocycles. The Kier molecular flexibility index (Phi) is 6.85. The molecule has 4 rings (SSSR count). The van der Waals surface area contributed by atoms with E-state index < -0.39 is 0 Å². The van der Waals surface area contributed by atoms with Crippen LogP contribution >= 0.6 is 23.2 Å². The van der Waals surface area contributed by atoms with Gasteiger partial charge in [-0.1, -0.05) is 41.9 Å². The van der Waals surface area contributed by atoms with Gasteiger partial charge in [-0.2, -0.15) is 5.10 Å². The Labute approximate surface area is 205 Å². The molecule has 0 atom stereocenters. The van der Waals surface area contributed by atoms with Gasteiger partial charge in [0.25, 0.3) is 0 Å². The Hall–Kier alpha value is -3.82. The van der Waals surface area contributed by atoms with E-state index >= 15 is 0 Å². The predicted octanol–water partition coefficient (Wildman–Crippen LogP) is 5.07. The van der Waals surface area contributed by atoms with Gasteiger partial charge in [-0.3, -0.25) is 9.48 Å². The van der Waals surface area contributed by atoms with Crippen LogP contribution in [-0.2, 0) is 11.3 Å². The molecule has 2 aromatic carbocycles. The number of nitrogens with zero attached hydrogens (tertiary/aromatic N) is 4. The Morgan fingerprint density at radius 1 is 1.12 bits per heavy atom. The van der Waals surface area contributed by atoms with E-state index in [-0.39, 0.29) is 12.5 Å². The summed E-state index contributed by atoms with van der Waals surface area (Å²) >= 11 is 13.0. The molecule has 0 bridgehead atoms. The second-order valence-corrected chi connectivity index (χ2v) is 7.77. The van der Waals surface area contributed by atoms with Gasteiger partial charge < -0.3 is 20.1 Å². The first-order chi connectivity index (χ1) is 16.4. The first-order valence-electron chi connectivity index (χ1n) is 10.0. The van der Waals surface area contributed by atoms with Gasteiger partial charge in [0.15, 0.2) is 0 Å². The number of hydrogen-bond donors (Lipinski definition) is 2. The number of fused-ring (bicyclic) bond motifs is 1. The second kappa shape index (κ2) is 9.98. The molecule has 2 aromatic heterocycles. The maximum absolute atomic E-state index is 11.7. The van der Waals surface area contributed by atoms with Crippen molar-refractivity contribution in [2.45, 2.75) is 6.54 Å². The molecule has 0 fully saturated rings. The van der Waals surface area contributed by atoms with Crippen LogP contribution in [-0.4, -0.2) is 39.9 Å². The van der Waals surface area contributed by atoms with E-state index in [9.17, 15) is 4.79 Å². The number of amides is 1. The number of ether oxygens (including phenoxy) is 2. The van der Waals surface area contributed by atoms with E-state index in [4.69, 9.17) is 32.7 Å². The normalized spacial score (nSPS) is 10.7. The van der Waals surface area contributed by atoms with Gasteiger partial charge in [-0.15, -0.1) is 0 Å². The summed E-state index contributed by atoms with van der Waals surface area (Å²) < 4.78 is 12.4. The van der Waals surface area contributed by atoms with Crippen molar-refractivity contribution in [2.75, 3.05) is 24.9 Å². The lowest BCUT2D eigenvalue weighted by Crippen LogP contribution is -2.09. The molecule has 9 nitrogen and oxygen atoms in total. The third kappa shape index (κ3) is 4.61. The summed E-state index contributed by atoms with van der Waals surface area (Å²) in [7, 11) is 3.04. The van der Waals surface area contributed by atoms with E-state index in [0.29, 0.717) is 55.5 Å². The lowest BCUT2D eigenvalue weighted by molar-refractivity contribution is -0.111. The Morgan fingerprint density at radius 2 is 1.79 bits per heavy atom. The molecule has 2 N–H and O–H groups in total.